The first-order valence-electron chi connectivity index (χ1n) is 9.35. The van der Waals surface area contributed by atoms with E-state index in [1.807, 2.05) is 28.9 Å². The highest BCUT2D eigenvalue weighted by Gasteiger charge is 2.23. The number of anilines is 2. The van der Waals surface area contributed by atoms with E-state index >= 15 is 0 Å². The van der Waals surface area contributed by atoms with Crippen LogP contribution in [0.15, 0.2) is 66.9 Å². The zero-order chi connectivity index (χ0) is 19.8. The van der Waals surface area contributed by atoms with Gasteiger partial charge in [0, 0.05) is 25.4 Å². The predicted octanol–water partition coefficient (Wildman–Crippen LogP) is 4.87. The van der Waals surface area contributed by atoms with Gasteiger partial charge in [0.05, 0.1) is 15.9 Å². The number of hydrogen-bond acceptors (Lipinski definition) is 6. The van der Waals surface area contributed by atoms with E-state index in [4.69, 9.17) is 14.5 Å². The van der Waals surface area contributed by atoms with Crippen LogP contribution in [-0.2, 0) is 22.9 Å². The Bertz CT molecular complexity index is 1190. The molecule has 0 spiro atoms. The smallest absolute Gasteiger partial charge is 0.239 e. The number of fused-ring (bicyclic) bond motifs is 1. The Labute approximate surface area is 172 Å². The molecule has 146 valence electrons. The van der Waals surface area contributed by atoms with E-state index in [1.54, 1.807) is 17.6 Å². The molecule has 0 bridgehead atoms. The first kappa shape index (κ1) is 17.8. The summed E-state index contributed by atoms with van der Waals surface area (Å²) in [7, 11) is 1.97. The van der Waals surface area contributed by atoms with Gasteiger partial charge in [0.25, 0.3) is 0 Å². The fourth-order valence-electron chi connectivity index (χ4n) is 3.32. The molecular formula is C22H20N4O2S. The highest BCUT2D eigenvalue weighted by molar-refractivity contribution is 7.22. The topological polar surface area (TPSA) is 52.4 Å². The van der Waals surface area contributed by atoms with E-state index in [0.717, 1.165) is 27.5 Å². The number of aryl methyl sites for hydroxylation is 2. The maximum atomic E-state index is 5.68. The second kappa shape index (κ2) is 7.25. The summed E-state index contributed by atoms with van der Waals surface area (Å²) < 4.78 is 14.0. The third-order valence-corrected chi connectivity index (χ3v) is 5.92. The summed E-state index contributed by atoms with van der Waals surface area (Å²) in [5.74, 6) is 0.642. The molecule has 0 atom stereocenters. The molecule has 5 rings (SSSR count). The van der Waals surface area contributed by atoms with Crippen molar-refractivity contribution in [1.29, 1.82) is 0 Å². The summed E-state index contributed by atoms with van der Waals surface area (Å²) in [5.41, 5.74) is 5.57. The normalized spacial score (nSPS) is 13.2. The van der Waals surface area contributed by atoms with Crippen molar-refractivity contribution in [2.24, 2.45) is 7.05 Å². The first-order valence-corrected chi connectivity index (χ1v) is 10.2. The van der Waals surface area contributed by atoms with E-state index in [-0.39, 0.29) is 6.79 Å². The van der Waals surface area contributed by atoms with Gasteiger partial charge < -0.3 is 9.47 Å². The SMILES string of the molecule is Cc1ccc(N(C2=COCO2)c2nc3ccc(Cc4ccnn4C)cc3s2)cc1. The lowest BCUT2D eigenvalue weighted by atomic mass is 10.1. The number of rotatable bonds is 5. The molecule has 0 unspecified atom stereocenters. The molecule has 4 aromatic rings. The van der Waals surface area contributed by atoms with Gasteiger partial charge >= 0.3 is 0 Å². The second-order valence-corrected chi connectivity index (χ2v) is 7.99. The van der Waals surface area contributed by atoms with Gasteiger partial charge in [-0.2, -0.15) is 5.10 Å². The van der Waals surface area contributed by atoms with Crippen LogP contribution in [0.4, 0.5) is 10.8 Å². The van der Waals surface area contributed by atoms with E-state index in [9.17, 15) is 0 Å². The van der Waals surface area contributed by atoms with Crippen LogP contribution in [0.5, 0.6) is 0 Å². The van der Waals surface area contributed by atoms with E-state index < -0.39 is 0 Å². The highest BCUT2D eigenvalue weighted by atomic mass is 32.1. The van der Waals surface area contributed by atoms with Crippen molar-refractivity contribution in [2.75, 3.05) is 11.7 Å². The van der Waals surface area contributed by atoms with Crippen molar-refractivity contribution in [3.63, 3.8) is 0 Å². The van der Waals surface area contributed by atoms with E-state index in [2.05, 4.69) is 54.5 Å². The van der Waals surface area contributed by atoms with E-state index in [0.29, 0.717) is 5.88 Å². The summed E-state index contributed by atoms with van der Waals surface area (Å²) in [6.45, 7) is 2.29. The molecule has 1 aliphatic heterocycles. The minimum Gasteiger partial charge on any atom is -0.459 e. The van der Waals surface area contributed by atoms with E-state index in [1.165, 1.54) is 16.8 Å². The molecule has 2 aromatic carbocycles. The van der Waals surface area contributed by atoms with Gasteiger partial charge in [-0.05, 0) is 42.8 Å². The number of thiazole rings is 1. The third-order valence-electron chi connectivity index (χ3n) is 4.91. The molecule has 0 radical (unpaired) electrons. The van der Waals surface area contributed by atoms with Crippen molar-refractivity contribution >= 4 is 32.4 Å². The van der Waals surface area contributed by atoms with Crippen LogP contribution >= 0.6 is 11.3 Å². The van der Waals surface area contributed by atoms with Gasteiger partial charge in [-0.15, -0.1) is 0 Å². The maximum Gasteiger partial charge on any atom is 0.239 e. The largest absolute Gasteiger partial charge is 0.459 e. The van der Waals surface area contributed by atoms with Gasteiger partial charge in [0.2, 0.25) is 12.7 Å². The fraction of sp³-hybridized carbons (Fsp3) is 0.182. The Morgan fingerprint density at radius 2 is 2.00 bits per heavy atom. The Morgan fingerprint density at radius 1 is 1.14 bits per heavy atom. The summed E-state index contributed by atoms with van der Waals surface area (Å²) in [5, 5.41) is 5.10. The van der Waals surface area contributed by atoms with Crippen LogP contribution < -0.4 is 4.90 Å². The van der Waals surface area contributed by atoms with Crippen molar-refractivity contribution in [2.45, 2.75) is 13.3 Å². The average molecular weight is 404 g/mol. The van der Waals surface area contributed by atoms with Gasteiger partial charge in [0.15, 0.2) is 5.13 Å². The predicted molar refractivity (Wildman–Crippen MR) is 114 cm³/mol. The molecule has 0 fully saturated rings. The standard InChI is InChI=1S/C22H20N4O2S/c1-15-3-6-17(7-4-15)26(21-13-27-14-28-21)22-24-19-8-5-16(12-20(19)29-22)11-18-9-10-23-25(18)2/h3-10,12-13H,11,14H2,1-2H3. The molecule has 0 saturated heterocycles. The molecule has 0 saturated carbocycles. The Hall–Kier alpha value is -3.32. The maximum absolute atomic E-state index is 5.68. The lowest BCUT2D eigenvalue weighted by Crippen LogP contribution is -2.16. The van der Waals surface area contributed by atoms with Crippen LogP contribution in [0.2, 0.25) is 0 Å². The van der Waals surface area contributed by atoms with Crippen LogP contribution in [0.3, 0.4) is 0 Å². The van der Waals surface area contributed by atoms with Crippen molar-refractivity contribution < 1.29 is 9.47 Å². The molecule has 6 nitrogen and oxygen atoms in total. The average Bonchev–Trinajstić information content (AvgIpc) is 3.46. The second-order valence-electron chi connectivity index (χ2n) is 6.98. The molecule has 1 aliphatic rings. The molecule has 0 aliphatic carbocycles. The van der Waals surface area contributed by atoms with Crippen LogP contribution in [0, 0.1) is 6.92 Å². The van der Waals surface area contributed by atoms with Crippen LogP contribution in [0.1, 0.15) is 16.8 Å². The number of nitrogens with zero attached hydrogens (tertiary/aromatic N) is 4. The lowest BCUT2D eigenvalue weighted by molar-refractivity contribution is 0.0798. The van der Waals surface area contributed by atoms with Gasteiger partial charge in [-0.25, -0.2) is 4.98 Å². The monoisotopic (exact) mass is 404 g/mol. The molecule has 2 aromatic heterocycles. The number of aromatic nitrogens is 3. The zero-order valence-corrected chi connectivity index (χ0v) is 17.0. The molecule has 29 heavy (non-hydrogen) atoms. The lowest BCUT2D eigenvalue weighted by Gasteiger charge is -2.20. The number of benzene rings is 2. The Morgan fingerprint density at radius 3 is 2.72 bits per heavy atom. The molecule has 3 heterocycles. The minimum atomic E-state index is 0.220. The summed E-state index contributed by atoms with van der Waals surface area (Å²) >= 11 is 1.64. The molecule has 0 amide bonds. The number of hydrogen-bond donors (Lipinski definition) is 0. The summed E-state index contributed by atoms with van der Waals surface area (Å²) in [4.78, 5) is 6.86. The fourth-order valence-corrected chi connectivity index (χ4v) is 4.38. The third kappa shape index (κ3) is 3.45. The molecular weight excluding hydrogens is 384 g/mol. The van der Waals surface area contributed by atoms with Crippen molar-refractivity contribution in [3.05, 3.63) is 83.7 Å². The quantitative estimate of drug-likeness (QED) is 0.475. The molecule has 0 N–H and O–H groups in total. The first-order chi connectivity index (χ1) is 14.2. The van der Waals surface area contributed by atoms with Crippen LogP contribution in [0.25, 0.3) is 10.2 Å². The summed E-state index contributed by atoms with van der Waals surface area (Å²) in [6, 6.07) is 16.8. The number of ether oxygens (including phenoxy) is 2. The summed E-state index contributed by atoms with van der Waals surface area (Å²) in [6.07, 6.45) is 4.30. The van der Waals surface area contributed by atoms with Crippen molar-refractivity contribution in [3.8, 4) is 0 Å². The molecule has 7 heteroatoms. The Kier molecular flexibility index (Phi) is 4.44. The van der Waals surface area contributed by atoms with Gasteiger partial charge in [0.1, 0.15) is 6.26 Å². The van der Waals surface area contributed by atoms with Gasteiger partial charge in [-0.1, -0.05) is 35.1 Å². The highest BCUT2D eigenvalue weighted by Crippen LogP contribution is 2.37. The van der Waals surface area contributed by atoms with Gasteiger partial charge in [-0.3, -0.25) is 9.58 Å². The van der Waals surface area contributed by atoms with Crippen LogP contribution in [-0.4, -0.2) is 21.6 Å². The van der Waals surface area contributed by atoms with Crippen molar-refractivity contribution in [1.82, 2.24) is 14.8 Å². The Balaban J connectivity index is 1.53. The minimum absolute atomic E-state index is 0.220. The zero-order valence-electron chi connectivity index (χ0n) is 16.2.